The number of thioether (sulfide) groups is 2. The molecule has 0 aromatic heterocycles. The van der Waals surface area contributed by atoms with E-state index in [0.717, 1.165) is 44.6 Å². The number of nitrogens with zero attached hydrogens (tertiary/aromatic N) is 1. The van der Waals surface area contributed by atoms with Gasteiger partial charge in [-0.05, 0) is 35.4 Å². The van der Waals surface area contributed by atoms with Crippen LogP contribution >= 0.6 is 23.5 Å². The maximum atomic E-state index is 11.2. The molecule has 0 saturated heterocycles. The summed E-state index contributed by atoms with van der Waals surface area (Å²) < 4.78 is 34.8. The maximum absolute atomic E-state index is 11.2. The van der Waals surface area contributed by atoms with Gasteiger partial charge in [0.25, 0.3) is 0 Å². The van der Waals surface area contributed by atoms with Crippen molar-refractivity contribution in [2.45, 2.75) is 18.7 Å². The zero-order valence-corrected chi connectivity index (χ0v) is 26.3. The molecule has 0 unspecified atom stereocenters. The summed E-state index contributed by atoms with van der Waals surface area (Å²) in [5, 5.41) is 0. The number of hydrogen-bond donors (Lipinski definition) is 0. The molecule has 0 saturated carbocycles. The van der Waals surface area contributed by atoms with E-state index < -0.39 is 10.1 Å². The molecule has 0 radical (unpaired) electrons. The van der Waals surface area contributed by atoms with Crippen molar-refractivity contribution in [3.63, 3.8) is 0 Å². The Morgan fingerprint density at radius 3 is 1.77 bits per heavy atom. The summed E-state index contributed by atoms with van der Waals surface area (Å²) in [5.74, 6) is 1.01. The van der Waals surface area contributed by atoms with Crippen molar-refractivity contribution in [2.75, 3.05) is 16.4 Å². The van der Waals surface area contributed by atoms with Gasteiger partial charge in [0.15, 0.2) is 0 Å². The van der Waals surface area contributed by atoms with Crippen LogP contribution in [0.2, 0.25) is 0 Å². The van der Waals surface area contributed by atoms with Crippen LogP contribution in [0.1, 0.15) is 28.7 Å². The SMILES string of the molecule is O=S(=O)([O-])CCCSC(SCc1ccccc1)=C1c2ccccc2N(Cc2ccccc2)c2ccccc21.[Na+]. The van der Waals surface area contributed by atoms with Crippen molar-refractivity contribution >= 4 is 50.6 Å². The quantitative estimate of drug-likeness (QED) is 0.154. The predicted molar refractivity (Wildman–Crippen MR) is 161 cm³/mol. The Balaban J connectivity index is 0.00000353. The zero-order chi connectivity index (χ0) is 26.4. The molecule has 0 N–H and O–H groups in total. The third-order valence-electron chi connectivity index (χ3n) is 6.30. The molecule has 1 aliphatic rings. The Bertz CT molecular complexity index is 1480. The fourth-order valence-electron chi connectivity index (χ4n) is 4.58. The van der Waals surface area contributed by atoms with Crippen molar-refractivity contribution in [1.82, 2.24) is 0 Å². The molecule has 1 aliphatic heterocycles. The average molecular weight is 582 g/mol. The van der Waals surface area contributed by atoms with E-state index in [1.807, 2.05) is 24.3 Å². The molecular formula is C31H28NNaO3S3. The molecule has 0 bridgehead atoms. The minimum atomic E-state index is -4.23. The molecule has 0 fully saturated rings. The van der Waals surface area contributed by atoms with Crippen LogP contribution < -0.4 is 34.5 Å². The van der Waals surface area contributed by atoms with Crippen LogP contribution in [0.3, 0.4) is 0 Å². The molecule has 0 spiro atoms. The van der Waals surface area contributed by atoms with E-state index in [0.29, 0.717) is 12.2 Å². The third kappa shape index (κ3) is 7.82. The van der Waals surface area contributed by atoms with E-state index in [1.165, 1.54) is 11.1 Å². The van der Waals surface area contributed by atoms with Crippen LogP contribution in [0, 0.1) is 0 Å². The Hall–Kier alpha value is -1.97. The number of hydrogen-bond acceptors (Lipinski definition) is 6. The summed E-state index contributed by atoms with van der Waals surface area (Å²) in [7, 11) is -4.23. The Morgan fingerprint density at radius 2 is 1.21 bits per heavy atom. The Morgan fingerprint density at radius 1 is 0.692 bits per heavy atom. The van der Waals surface area contributed by atoms with Crippen molar-refractivity contribution in [1.29, 1.82) is 0 Å². The first kappa shape index (κ1) is 30.0. The molecule has 5 rings (SSSR count). The van der Waals surface area contributed by atoms with Gasteiger partial charge in [-0.3, -0.25) is 0 Å². The Kier molecular flexibility index (Phi) is 10.8. The van der Waals surface area contributed by atoms with Gasteiger partial charge in [0, 0.05) is 50.4 Å². The van der Waals surface area contributed by atoms with Crippen LogP contribution in [-0.4, -0.2) is 24.5 Å². The van der Waals surface area contributed by atoms with E-state index in [4.69, 9.17) is 0 Å². The Labute approximate surface area is 262 Å². The van der Waals surface area contributed by atoms with Crippen LogP contribution in [0.5, 0.6) is 0 Å². The molecule has 0 atom stereocenters. The molecule has 4 aromatic rings. The van der Waals surface area contributed by atoms with E-state index in [1.54, 1.807) is 23.5 Å². The van der Waals surface area contributed by atoms with Gasteiger partial charge in [0.2, 0.25) is 0 Å². The van der Waals surface area contributed by atoms with Crippen LogP contribution in [0.15, 0.2) is 113 Å². The van der Waals surface area contributed by atoms with Gasteiger partial charge < -0.3 is 9.45 Å². The fourth-order valence-corrected chi connectivity index (χ4v) is 7.72. The summed E-state index contributed by atoms with van der Waals surface area (Å²) in [4.78, 5) is 2.37. The molecule has 194 valence electrons. The first-order valence-corrected chi connectivity index (χ1v) is 16.0. The second-order valence-electron chi connectivity index (χ2n) is 9.01. The topological polar surface area (TPSA) is 60.4 Å². The number of para-hydroxylation sites is 2. The number of anilines is 2. The third-order valence-corrected chi connectivity index (χ3v) is 9.70. The molecule has 4 nitrogen and oxygen atoms in total. The van der Waals surface area contributed by atoms with Crippen molar-refractivity contribution in [3.8, 4) is 0 Å². The van der Waals surface area contributed by atoms with Crippen LogP contribution in [0.4, 0.5) is 11.4 Å². The standard InChI is InChI=1S/C31H29NO3S3.Na/c33-38(34,35)21-11-20-36-31(37-23-25-14-5-2-6-15-25)30-26-16-7-9-18-28(26)32(22-24-12-3-1-4-13-24)29-19-10-8-17-27(29)30;/h1-10,12-19H,11,20-23H2,(H,33,34,35);/q;+1/p-1. The summed E-state index contributed by atoms with van der Waals surface area (Å²) in [5.41, 5.74) is 8.22. The fraction of sp³-hybridized carbons (Fsp3) is 0.161. The van der Waals surface area contributed by atoms with E-state index >= 15 is 0 Å². The van der Waals surface area contributed by atoms with Gasteiger partial charge in [-0.15, -0.1) is 23.5 Å². The summed E-state index contributed by atoms with van der Waals surface area (Å²) in [6.45, 7) is 0.753. The van der Waals surface area contributed by atoms with E-state index in [9.17, 15) is 13.0 Å². The van der Waals surface area contributed by atoms with Crippen molar-refractivity contribution in [3.05, 3.63) is 136 Å². The van der Waals surface area contributed by atoms with Crippen LogP contribution in [-0.2, 0) is 22.4 Å². The molecule has 39 heavy (non-hydrogen) atoms. The minimum absolute atomic E-state index is 0. The van der Waals surface area contributed by atoms with Gasteiger partial charge >= 0.3 is 29.6 Å². The predicted octanol–water partition coefficient (Wildman–Crippen LogP) is 4.66. The first-order chi connectivity index (χ1) is 18.5. The van der Waals surface area contributed by atoms with Gasteiger partial charge in [-0.2, -0.15) is 0 Å². The molecule has 0 amide bonds. The summed E-state index contributed by atoms with van der Waals surface area (Å²) in [6, 6.07) is 37.8. The van der Waals surface area contributed by atoms with E-state index in [-0.39, 0.29) is 35.3 Å². The average Bonchev–Trinajstić information content (AvgIpc) is 2.94. The molecule has 1 heterocycles. The van der Waals surface area contributed by atoms with Gasteiger partial charge in [-0.1, -0.05) is 97.1 Å². The number of rotatable bonds is 10. The normalized spacial score (nSPS) is 12.3. The first-order valence-electron chi connectivity index (χ1n) is 12.5. The second-order valence-corrected chi connectivity index (χ2v) is 12.9. The monoisotopic (exact) mass is 581 g/mol. The van der Waals surface area contributed by atoms with Crippen LogP contribution in [0.25, 0.3) is 5.57 Å². The molecular weight excluding hydrogens is 554 g/mol. The van der Waals surface area contributed by atoms with Gasteiger partial charge in [0.05, 0.1) is 10.1 Å². The van der Waals surface area contributed by atoms with Crippen molar-refractivity contribution < 1.29 is 42.5 Å². The minimum Gasteiger partial charge on any atom is -0.748 e. The van der Waals surface area contributed by atoms with Gasteiger partial charge in [-0.25, -0.2) is 8.42 Å². The molecule has 4 aromatic carbocycles. The number of benzene rings is 4. The second kappa shape index (κ2) is 14.1. The summed E-state index contributed by atoms with van der Waals surface area (Å²) in [6.07, 6.45) is 0.322. The van der Waals surface area contributed by atoms with Gasteiger partial charge in [0.1, 0.15) is 0 Å². The maximum Gasteiger partial charge on any atom is 1.00 e. The zero-order valence-electron chi connectivity index (χ0n) is 21.8. The van der Waals surface area contributed by atoms with E-state index in [2.05, 4.69) is 89.8 Å². The van der Waals surface area contributed by atoms with Crippen molar-refractivity contribution in [2.24, 2.45) is 0 Å². The molecule has 0 aliphatic carbocycles. The number of fused-ring (bicyclic) bond motifs is 2. The largest absolute Gasteiger partial charge is 1.00 e. The molecule has 8 heteroatoms. The smallest absolute Gasteiger partial charge is 0.748 e. The summed E-state index contributed by atoms with van der Waals surface area (Å²) >= 11 is 3.41.